The summed E-state index contributed by atoms with van der Waals surface area (Å²) in [4.78, 5) is 23.8. The summed E-state index contributed by atoms with van der Waals surface area (Å²) in [6, 6.07) is 0. The Labute approximate surface area is 77.0 Å². The lowest BCUT2D eigenvalue weighted by Crippen LogP contribution is -2.32. The van der Waals surface area contributed by atoms with Crippen molar-refractivity contribution in [3.05, 3.63) is 0 Å². The van der Waals surface area contributed by atoms with Crippen LogP contribution in [0.5, 0.6) is 0 Å². The van der Waals surface area contributed by atoms with Crippen molar-refractivity contribution in [1.29, 1.82) is 0 Å². The van der Waals surface area contributed by atoms with Gasteiger partial charge in [0.2, 0.25) is 5.91 Å². The number of ether oxygens (including phenoxy) is 1. The summed E-state index contributed by atoms with van der Waals surface area (Å²) in [5, 5.41) is 2.57. The molecular formula is C8H14N2O3. The van der Waals surface area contributed by atoms with Crippen LogP contribution in [0.2, 0.25) is 0 Å². The Morgan fingerprint density at radius 1 is 1.54 bits per heavy atom. The molecule has 1 fully saturated rings. The fraction of sp³-hybridized carbons (Fsp3) is 0.750. The van der Waals surface area contributed by atoms with Crippen LogP contribution in [0, 0.1) is 5.92 Å². The number of rotatable bonds is 1. The van der Waals surface area contributed by atoms with Gasteiger partial charge in [-0.2, -0.15) is 0 Å². The molecule has 13 heavy (non-hydrogen) atoms. The lowest BCUT2D eigenvalue weighted by Gasteiger charge is -2.13. The molecule has 1 atom stereocenters. The zero-order chi connectivity index (χ0) is 9.84. The van der Waals surface area contributed by atoms with Crippen LogP contribution in [0.4, 0.5) is 4.79 Å². The Morgan fingerprint density at radius 3 is 2.77 bits per heavy atom. The average Bonchev–Trinajstić information content (AvgIpc) is 2.64. The van der Waals surface area contributed by atoms with Gasteiger partial charge in [-0.3, -0.25) is 4.79 Å². The number of hydrogen-bond acceptors (Lipinski definition) is 3. The van der Waals surface area contributed by atoms with Gasteiger partial charge in [0.25, 0.3) is 0 Å². The molecule has 5 nitrogen and oxygen atoms in total. The number of methoxy groups -OCH3 is 1. The quantitative estimate of drug-likeness (QED) is 0.618. The van der Waals surface area contributed by atoms with E-state index in [4.69, 9.17) is 0 Å². The maximum Gasteiger partial charge on any atom is 0.409 e. The molecule has 0 radical (unpaired) electrons. The van der Waals surface area contributed by atoms with E-state index in [-0.39, 0.29) is 17.9 Å². The van der Waals surface area contributed by atoms with E-state index in [1.807, 2.05) is 0 Å². The molecule has 0 aromatic heterocycles. The highest BCUT2D eigenvalue weighted by Crippen LogP contribution is 2.16. The predicted molar refractivity (Wildman–Crippen MR) is 46.2 cm³/mol. The highest BCUT2D eigenvalue weighted by molar-refractivity contribution is 5.80. The van der Waals surface area contributed by atoms with Gasteiger partial charge >= 0.3 is 6.09 Å². The molecule has 0 aliphatic carbocycles. The van der Waals surface area contributed by atoms with Crippen LogP contribution < -0.4 is 5.32 Å². The van der Waals surface area contributed by atoms with Gasteiger partial charge in [0.15, 0.2) is 0 Å². The minimum Gasteiger partial charge on any atom is -0.453 e. The van der Waals surface area contributed by atoms with Gasteiger partial charge in [-0.15, -0.1) is 0 Å². The zero-order valence-electron chi connectivity index (χ0n) is 7.87. The first-order valence-corrected chi connectivity index (χ1v) is 4.23. The molecule has 1 aliphatic rings. The molecule has 1 unspecified atom stereocenters. The van der Waals surface area contributed by atoms with Crippen molar-refractivity contribution in [1.82, 2.24) is 10.2 Å². The lowest BCUT2D eigenvalue weighted by molar-refractivity contribution is -0.124. The normalized spacial score (nSPS) is 21.4. The Bertz CT molecular complexity index is 195. The topological polar surface area (TPSA) is 58.6 Å². The SMILES string of the molecule is CNC(=O)C1CCN(C(=O)OC)C1. The number of nitrogens with one attached hydrogen (secondary N) is 1. The molecule has 1 heterocycles. The summed E-state index contributed by atoms with van der Waals surface area (Å²) in [5.41, 5.74) is 0. The fourth-order valence-corrected chi connectivity index (χ4v) is 1.47. The van der Waals surface area contributed by atoms with Gasteiger partial charge in [-0.05, 0) is 6.42 Å². The van der Waals surface area contributed by atoms with Crippen molar-refractivity contribution in [3.8, 4) is 0 Å². The molecule has 2 amide bonds. The second-order valence-corrected chi connectivity index (χ2v) is 3.02. The number of nitrogens with zero attached hydrogens (tertiary/aromatic N) is 1. The van der Waals surface area contributed by atoms with Crippen LogP contribution in [0.25, 0.3) is 0 Å². The summed E-state index contributed by atoms with van der Waals surface area (Å²) >= 11 is 0. The second-order valence-electron chi connectivity index (χ2n) is 3.02. The first-order chi connectivity index (χ1) is 6.19. The summed E-state index contributed by atoms with van der Waals surface area (Å²) in [7, 11) is 2.94. The maximum atomic E-state index is 11.2. The molecule has 1 saturated heterocycles. The smallest absolute Gasteiger partial charge is 0.409 e. The molecular weight excluding hydrogens is 172 g/mol. The van der Waals surface area contributed by atoms with Crippen molar-refractivity contribution in [2.24, 2.45) is 5.92 Å². The van der Waals surface area contributed by atoms with Gasteiger partial charge in [-0.1, -0.05) is 0 Å². The molecule has 1 N–H and O–H groups in total. The van der Waals surface area contributed by atoms with E-state index < -0.39 is 0 Å². The van der Waals surface area contributed by atoms with Crippen molar-refractivity contribution < 1.29 is 14.3 Å². The summed E-state index contributed by atoms with van der Waals surface area (Å²) in [5.74, 6) is -0.0875. The van der Waals surface area contributed by atoms with Crippen molar-refractivity contribution in [3.63, 3.8) is 0 Å². The summed E-state index contributed by atoms with van der Waals surface area (Å²) < 4.78 is 4.55. The van der Waals surface area contributed by atoms with E-state index in [9.17, 15) is 9.59 Å². The lowest BCUT2D eigenvalue weighted by atomic mass is 10.1. The Kier molecular flexibility index (Phi) is 3.11. The van der Waals surface area contributed by atoms with Crippen molar-refractivity contribution >= 4 is 12.0 Å². The van der Waals surface area contributed by atoms with Crippen LogP contribution in [0.15, 0.2) is 0 Å². The second kappa shape index (κ2) is 4.11. The third kappa shape index (κ3) is 2.11. The Hall–Kier alpha value is -1.26. The molecule has 0 bridgehead atoms. The van der Waals surface area contributed by atoms with Gasteiger partial charge in [0, 0.05) is 20.1 Å². The molecule has 0 aromatic carbocycles. The predicted octanol–water partition coefficient (Wildman–Crippen LogP) is -0.179. The van der Waals surface area contributed by atoms with E-state index in [0.717, 1.165) is 6.42 Å². The van der Waals surface area contributed by atoms with E-state index in [1.54, 1.807) is 11.9 Å². The van der Waals surface area contributed by atoms with Crippen LogP contribution in [-0.2, 0) is 9.53 Å². The zero-order valence-corrected chi connectivity index (χ0v) is 7.87. The first kappa shape index (κ1) is 9.83. The standard InChI is InChI=1S/C8H14N2O3/c1-9-7(11)6-3-4-10(5-6)8(12)13-2/h6H,3-5H2,1-2H3,(H,9,11). The number of hydrogen-bond donors (Lipinski definition) is 1. The number of carbonyl (C=O) groups is 2. The van der Waals surface area contributed by atoms with Crippen LogP contribution in [0.3, 0.4) is 0 Å². The van der Waals surface area contributed by atoms with Crippen LogP contribution >= 0.6 is 0 Å². The highest BCUT2D eigenvalue weighted by atomic mass is 16.5. The van der Waals surface area contributed by atoms with E-state index in [2.05, 4.69) is 10.1 Å². The summed E-state index contributed by atoms with van der Waals surface area (Å²) in [6.07, 6.45) is 0.362. The molecule has 1 aliphatic heterocycles. The van der Waals surface area contributed by atoms with Gasteiger partial charge in [0.1, 0.15) is 0 Å². The van der Waals surface area contributed by atoms with Gasteiger partial charge < -0.3 is 15.0 Å². The van der Waals surface area contributed by atoms with Crippen LogP contribution in [-0.4, -0.2) is 44.1 Å². The number of amides is 2. The number of carbonyl (C=O) groups excluding carboxylic acids is 2. The van der Waals surface area contributed by atoms with Gasteiger partial charge in [-0.25, -0.2) is 4.79 Å². The minimum absolute atomic E-state index is 0.00796. The summed E-state index contributed by atoms with van der Waals surface area (Å²) in [6.45, 7) is 1.07. The van der Waals surface area contributed by atoms with Gasteiger partial charge in [0.05, 0.1) is 13.0 Å². The molecule has 5 heteroatoms. The third-order valence-electron chi connectivity index (χ3n) is 2.24. The maximum absolute atomic E-state index is 11.2. The highest BCUT2D eigenvalue weighted by Gasteiger charge is 2.30. The third-order valence-corrected chi connectivity index (χ3v) is 2.24. The Balaban J connectivity index is 2.44. The largest absolute Gasteiger partial charge is 0.453 e. The fourth-order valence-electron chi connectivity index (χ4n) is 1.47. The molecule has 74 valence electrons. The van der Waals surface area contributed by atoms with E-state index in [0.29, 0.717) is 13.1 Å². The molecule has 1 rings (SSSR count). The molecule has 0 saturated carbocycles. The van der Waals surface area contributed by atoms with Crippen LogP contribution in [0.1, 0.15) is 6.42 Å². The van der Waals surface area contributed by atoms with E-state index in [1.165, 1.54) is 7.11 Å². The molecule has 0 aromatic rings. The monoisotopic (exact) mass is 186 g/mol. The van der Waals surface area contributed by atoms with Crippen molar-refractivity contribution in [2.45, 2.75) is 6.42 Å². The number of likely N-dealkylation sites (tertiary alicyclic amines) is 1. The van der Waals surface area contributed by atoms with E-state index >= 15 is 0 Å². The average molecular weight is 186 g/mol. The van der Waals surface area contributed by atoms with Crippen molar-refractivity contribution in [2.75, 3.05) is 27.2 Å². The Morgan fingerprint density at radius 2 is 2.23 bits per heavy atom. The first-order valence-electron chi connectivity index (χ1n) is 4.23. The minimum atomic E-state index is -0.355. The molecule has 0 spiro atoms.